The maximum atomic E-state index is 12.4. The predicted molar refractivity (Wildman–Crippen MR) is 116 cm³/mol. The van der Waals surface area contributed by atoms with Gasteiger partial charge < -0.3 is 19.4 Å². The highest BCUT2D eigenvalue weighted by atomic mass is 79.9. The Labute approximate surface area is 181 Å². The summed E-state index contributed by atoms with van der Waals surface area (Å²) >= 11 is 3.39. The largest absolute Gasteiger partial charge is 0.450 e. The zero-order valence-electron chi connectivity index (χ0n) is 16.2. The molecule has 0 atom stereocenters. The van der Waals surface area contributed by atoms with Gasteiger partial charge in [0, 0.05) is 39.8 Å². The van der Waals surface area contributed by atoms with E-state index in [4.69, 9.17) is 9.15 Å². The van der Waals surface area contributed by atoms with Gasteiger partial charge in [0.15, 0.2) is 6.61 Å². The van der Waals surface area contributed by atoms with Crippen LogP contribution in [0.4, 0.5) is 11.4 Å². The van der Waals surface area contributed by atoms with E-state index < -0.39 is 18.5 Å². The molecule has 0 bridgehead atoms. The minimum Gasteiger partial charge on any atom is -0.450 e. The highest BCUT2D eigenvalue weighted by molar-refractivity contribution is 9.10. The third-order valence-electron chi connectivity index (χ3n) is 4.95. The molecule has 1 N–H and O–H groups in total. The summed E-state index contributed by atoms with van der Waals surface area (Å²) in [5.41, 5.74) is 2.58. The van der Waals surface area contributed by atoms with Crippen molar-refractivity contribution < 1.29 is 23.5 Å². The van der Waals surface area contributed by atoms with Crippen molar-refractivity contribution in [2.24, 2.45) is 0 Å². The van der Waals surface area contributed by atoms with Crippen LogP contribution in [-0.4, -0.2) is 30.9 Å². The van der Waals surface area contributed by atoms with Crippen LogP contribution < -0.4 is 10.2 Å². The predicted octanol–water partition coefficient (Wildman–Crippen LogP) is 4.43. The SMILES string of the molecule is Cc1c(C(=O)OCC(=O)Nc2ccc(N3CCCC3=O)cc2)oc2ccc(Br)cc12. The van der Waals surface area contributed by atoms with Gasteiger partial charge in [0.25, 0.3) is 5.91 Å². The second-order valence-electron chi connectivity index (χ2n) is 7.02. The molecular formula is C22H19BrN2O5. The summed E-state index contributed by atoms with van der Waals surface area (Å²) in [6.07, 6.45) is 1.41. The molecule has 3 aromatic rings. The van der Waals surface area contributed by atoms with Crippen molar-refractivity contribution in [1.82, 2.24) is 0 Å². The number of esters is 1. The van der Waals surface area contributed by atoms with Crippen molar-refractivity contribution in [2.45, 2.75) is 19.8 Å². The standard InChI is InChI=1S/C22H19BrN2O5/c1-13-17-11-14(23)4-9-18(17)30-21(13)22(28)29-12-19(26)24-15-5-7-16(8-6-15)25-10-2-3-20(25)27/h4-9,11H,2-3,10,12H2,1H3,(H,24,26). The molecule has 1 aliphatic heterocycles. The number of nitrogens with one attached hydrogen (secondary N) is 1. The molecule has 1 saturated heterocycles. The molecule has 0 spiro atoms. The first kappa shape index (κ1) is 20.2. The van der Waals surface area contributed by atoms with E-state index in [1.807, 2.05) is 12.1 Å². The van der Waals surface area contributed by atoms with Crippen molar-refractivity contribution in [3.63, 3.8) is 0 Å². The van der Waals surface area contributed by atoms with Gasteiger partial charge in [-0.15, -0.1) is 0 Å². The van der Waals surface area contributed by atoms with Crippen molar-refractivity contribution in [2.75, 3.05) is 23.4 Å². The molecule has 2 amide bonds. The quantitative estimate of drug-likeness (QED) is 0.557. The van der Waals surface area contributed by atoms with Gasteiger partial charge >= 0.3 is 5.97 Å². The average Bonchev–Trinajstić information content (AvgIpc) is 3.30. The molecule has 1 fully saturated rings. The maximum Gasteiger partial charge on any atom is 0.375 e. The van der Waals surface area contributed by atoms with E-state index in [9.17, 15) is 14.4 Å². The first-order valence-corrected chi connectivity index (χ1v) is 10.3. The molecule has 0 radical (unpaired) electrons. The smallest absolute Gasteiger partial charge is 0.375 e. The van der Waals surface area contributed by atoms with Crippen LogP contribution in [0.25, 0.3) is 11.0 Å². The zero-order chi connectivity index (χ0) is 21.3. The lowest BCUT2D eigenvalue weighted by Gasteiger charge is -2.16. The lowest BCUT2D eigenvalue weighted by Crippen LogP contribution is -2.23. The van der Waals surface area contributed by atoms with Gasteiger partial charge in [-0.25, -0.2) is 4.79 Å². The number of aryl methyl sites for hydroxylation is 1. The van der Waals surface area contributed by atoms with E-state index in [1.165, 1.54) is 0 Å². The summed E-state index contributed by atoms with van der Waals surface area (Å²) in [6, 6.07) is 12.4. The molecule has 0 aliphatic carbocycles. The molecule has 1 aromatic heterocycles. The number of halogens is 1. The van der Waals surface area contributed by atoms with E-state index >= 15 is 0 Å². The van der Waals surface area contributed by atoms with E-state index in [0.717, 1.165) is 22.0 Å². The summed E-state index contributed by atoms with van der Waals surface area (Å²) in [5, 5.41) is 3.47. The van der Waals surface area contributed by atoms with Crippen LogP contribution in [0, 0.1) is 6.92 Å². The van der Waals surface area contributed by atoms with E-state index in [1.54, 1.807) is 42.2 Å². The lowest BCUT2D eigenvalue weighted by molar-refractivity contribution is -0.119. The Morgan fingerprint density at radius 2 is 1.97 bits per heavy atom. The molecule has 2 aromatic carbocycles. The fraction of sp³-hybridized carbons (Fsp3) is 0.227. The number of ether oxygens (including phenoxy) is 1. The lowest BCUT2D eigenvalue weighted by atomic mass is 10.1. The number of carbonyl (C=O) groups is 3. The molecule has 30 heavy (non-hydrogen) atoms. The Kier molecular flexibility index (Phi) is 5.59. The number of rotatable bonds is 5. The van der Waals surface area contributed by atoms with Gasteiger partial charge in [-0.2, -0.15) is 0 Å². The molecule has 4 rings (SSSR count). The number of nitrogens with zero attached hydrogens (tertiary/aromatic N) is 1. The Bertz CT molecular complexity index is 1140. The van der Waals surface area contributed by atoms with Crippen LogP contribution >= 0.6 is 15.9 Å². The number of benzene rings is 2. The topological polar surface area (TPSA) is 88.9 Å². The first-order valence-electron chi connectivity index (χ1n) is 9.48. The second kappa shape index (κ2) is 8.31. The Balaban J connectivity index is 1.35. The van der Waals surface area contributed by atoms with Crippen molar-refractivity contribution >= 4 is 56.1 Å². The third-order valence-corrected chi connectivity index (χ3v) is 5.45. The van der Waals surface area contributed by atoms with Crippen LogP contribution in [0.1, 0.15) is 29.0 Å². The van der Waals surface area contributed by atoms with Crippen LogP contribution in [0.15, 0.2) is 51.4 Å². The van der Waals surface area contributed by atoms with E-state index in [-0.39, 0.29) is 11.7 Å². The number of carbonyl (C=O) groups excluding carboxylic acids is 3. The van der Waals surface area contributed by atoms with Crippen LogP contribution in [-0.2, 0) is 14.3 Å². The molecule has 2 heterocycles. The molecule has 1 aliphatic rings. The molecule has 0 saturated carbocycles. The Hall–Kier alpha value is -3.13. The third kappa shape index (κ3) is 4.09. The van der Waals surface area contributed by atoms with Gasteiger partial charge in [0.2, 0.25) is 11.7 Å². The number of hydrogen-bond acceptors (Lipinski definition) is 5. The summed E-state index contributed by atoms with van der Waals surface area (Å²) in [7, 11) is 0. The minimum absolute atomic E-state index is 0.0792. The van der Waals surface area contributed by atoms with Gasteiger partial charge in [0.1, 0.15) is 5.58 Å². The zero-order valence-corrected chi connectivity index (χ0v) is 17.8. The van der Waals surface area contributed by atoms with Crippen LogP contribution in [0.2, 0.25) is 0 Å². The van der Waals surface area contributed by atoms with Crippen LogP contribution in [0.3, 0.4) is 0 Å². The van der Waals surface area contributed by atoms with Gasteiger partial charge in [-0.1, -0.05) is 15.9 Å². The monoisotopic (exact) mass is 470 g/mol. The molecular weight excluding hydrogens is 452 g/mol. The van der Waals surface area contributed by atoms with Gasteiger partial charge in [0.05, 0.1) is 0 Å². The summed E-state index contributed by atoms with van der Waals surface area (Å²) in [4.78, 5) is 38.0. The molecule has 7 nitrogen and oxygen atoms in total. The van der Waals surface area contributed by atoms with E-state index in [0.29, 0.717) is 29.8 Å². The highest BCUT2D eigenvalue weighted by Crippen LogP contribution is 2.28. The average molecular weight is 471 g/mol. The number of furan rings is 1. The fourth-order valence-corrected chi connectivity index (χ4v) is 3.79. The highest BCUT2D eigenvalue weighted by Gasteiger charge is 2.22. The number of anilines is 2. The normalized spacial score (nSPS) is 13.7. The Morgan fingerprint density at radius 1 is 1.20 bits per heavy atom. The summed E-state index contributed by atoms with van der Waals surface area (Å²) in [6.45, 7) is 2.03. The second-order valence-corrected chi connectivity index (χ2v) is 7.93. The number of fused-ring (bicyclic) bond motifs is 1. The summed E-state index contributed by atoms with van der Waals surface area (Å²) in [5.74, 6) is -0.981. The van der Waals surface area contributed by atoms with Crippen molar-refractivity contribution in [3.05, 3.63) is 58.3 Å². The Morgan fingerprint density at radius 3 is 2.67 bits per heavy atom. The van der Waals surface area contributed by atoms with E-state index in [2.05, 4.69) is 21.2 Å². The number of hydrogen-bond donors (Lipinski definition) is 1. The van der Waals surface area contributed by atoms with Crippen molar-refractivity contribution in [1.29, 1.82) is 0 Å². The van der Waals surface area contributed by atoms with Gasteiger partial charge in [-0.05, 0) is 55.8 Å². The molecule has 8 heteroatoms. The minimum atomic E-state index is -0.696. The fourth-order valence-electron chi connectivity index (χ4n) is 3.43. The first-order chi connectivity index (χ1) is 14.4. The molecule has 154 valence electrons. The maximum absolute atomic E-state index is 12.4. The number of amides is 2. The summed E-state index contributed by atoms with van der Waals surface area (Å²) < 4.78 is 11.6. The molecule has 0 unspecified atom stereocenters. The van der Waals surface area contributed by atoms with Gasteiger partial charge in [-0.3, -0.25) is 9.59 Å². The van der Waals surface area contributed by atoms with Crippen molar-refractivity contribution in [3.8, 4) is 0 Å². The van der Waals surface area contributed by atoms with Crippen LogP contribution in [0.5, 0.6) is 0 Å².